The Hall–Kier alpha value is -3.39. The first-order chi connectivity index (χ1) is 23.9. The van der Waals surface area contributed by atoms with Crippen LogP contribution in [0.15, 0.2) is 54.0 Å². The molecule has 13 heteroatoms. The number of aliphatic hydroxyl groups excluding tert-OH is 1. The summed E-state index contributed by atoms with van der Waals surface area (Å²) in [6, 6.07) is 11.6. The highest BCUT2D eigenvalue weighted by molar-refractivity contribution is 7.92. The second-order valence-electron chi connectivity index (χ2n) is 15.9. The van der Waals surface area contributed by atoms with Gasteiger partial charge in [-0.1, -0.05) is 49.6 Å². The molecule has 278 valence electrons. The largest absolute Gasteiger partial charge is 0.390 e. The second-order valence-corrected chi connectivity index (χ2v) is 19.4. The number of amides is 3. The molecule has 0 bridgehead atoms. The van der Waals surface area contributed by atoms with Crippen LogP contribution in [0.3, 0.4) is 0 Å². The van der Waals surface area contributed by atoms with E-state index in [0.29, 0.717) is 24.8 Å². The van der Waals surface area contributed by atoms with Crippen molar-refractivity contribution in [2.75, 3.05) is 19.3 Å². The van der Waals surface area contributed by atoms with Crippen molar-refractivity contribution in [1.82, 2.24) is 25.8 Å². The molecular weight excluding hydrogens is 687 g/mol. The van der Waals surface area contributed by atoms with E-state index in [9.17, 15) is 27.9 Å². The summed E-state index contributed by atoms with van der Waals surface area (Å²) < 4.78 is 25.3. The quantitative estimate of drug-likeness (QED) is 0.216. The third kappa shape index (κ3) is 9.54. The topological polar surface area (TPSA) is 158 Å². The Balaban J connectivity index is 1.42. The minimum absolute atomic E-state index is 0.0726. The van der Waals surface area contributed by atoms with Crippen LogP contribution in [-0.2, 0) is 25.8 Å². The molecule has 6 atom stereocenters. The molecule has 0 radical (unpaired) electrons. The van der Waals surface area contributed by atoms with Gasteiger partial charge in [0.25, 0.3) is 5.91 Å². The van der Waals surface area contributed by atoms with Gasteiger partial charge in [-0.2, -0.15) is 0 Å². The van der Waals surface area contributed by atoms with Gasteiger partial charge in [-0.15, -0.1) is 11.3 Å². The van der Waals surface area contributed by atoms with E-state index in [-0.39, 0.29) is 24.4 Å². The third-order valence-electron chi connectivity index (χ3n) is 10.6. The van der Waals surface area contributed by atoms with E-state index < -0.39 is 56.2 Å². The number of thiazole rings is 1. The first kappa shape index (κ1) is 38.8. The molecule has 2 aliphatic rings. The Kier molecular flexibility index (Phi) is 11.9. The standard InChI is InChI=1S/C38H53N5O6S2/c1-37(2,3)42-35(46)30-19-25-14-10-11-15-27(25)21-43(30)22-31(44)29(18-24-12-8-7-9-13-24)40-36(47)33(38(4,5)51(6,48)49)41-34(45)26-16-17-28-32(20-26)50-23-39-28/h7-9,12-13,16-17,20,23,25,27,29-31,33,44H,10-11,14-15,18-19,21-22H2,1-6H3,(H,40,47)(H,41,45)(H,42,46)/t25?,27?,29-,30-,31+,33+/m0/s1. The molecule has 4 N–H and O–H groups in total. The summed E-state index contributed by atoms with van der Waals surface area (Å²) in [6.07, 6.45) is 5.34. The Bertz CT molecular complexity index is 1810. The molecule has 11 nitrogen and oxygen atoms in total. The molecule has 1 aromatic heterocycles. The lowest BCUT2D eigenvalue weighted by Gasteiger charge is -2.47. The molecule has 1 aliphatic carbocycles. The minimum Gasteiger partial charge on any atom is -0.390 e. The molecule has 2 aromatic carbocycles. The number of hydrogen-bond donors (Lipinski definition) is 4. The normalized spacial score (nSPS) is 22.0. The van der Waals surface area contributed by atoms with Crippen molar-refractivity contribution in [2.24, 2.45) is 11.8 Å². The molecule has 2 fully saturated rings. The molecule has 3 aromatic rings. The van der Waals surface area contributed by atoms with E-state index in [1.54, 1.807) is 23.7 Å². The van der Waals surface area contributed by atoms with Crippen molar-refractivity contribution in [3.05, 3.63) is 65.2 Å². The van der Waals surface area contributed by atoms with E-state index in [0.717, 1.165) is 47.7 Å². The fourth-order valence-corrected chi connectivity index (χ4v) is 8.70. The van der Waals surface area contributed by atoms with Gasteiger partial charge >= 0.3 is 0 Å². The highest BCUT2D eigenvalue weighted by atomic mass is 32.2. The number of sulfone groups is 1. The van der Waals surface area contributed by atoms with Crippen LogP contribution in [-0.4, -0.2) is 95.0 Å². The maximum atomic E-state index is 14.3. The highest BCUT2D eigenvalue weighted by Crippen LogP contribution is 2.39. The first-order valence-corrected chi connectivity index (χ1v) is 20.6. The molecule has 5 rings (SSSR count). The third-order valence-corrected chi connectivity index (χ3v) is 13.5. The van der Waals surface area contributed by atoms with E-state index in [1.807, 2.05) is 51.1 Å². The predicted molar refractivity (Wildman–Crippen MR) is 201 cm³/mol. The summed E-state index contributed by atoms with van der Waals surface area (Å²) in [4.78, 5) is 47.9. The van der Waals surface area contributed by atoms with Crippen molar-refractivity contribution in [3.8, 4) is 0 Å². The number of likely N-dealkylation sites (tertiary alicyclic amines) is 1. The van der Waals surface area contributed by atoms with Gasteiger partial charge in [0.05, 0.1) is 38.7 Å². The van der Waals surface area contributed by atoms with Gasteiger partial charge in [-0.25, -0.2) is 13.4 Å². The van der Waals surface area contributed by atoms with Gasteiger partial charge < -0.3 is 21.1 Å². The summed E-state index contributed by atoms with van der Waals surface area (Å²) in [5.74, 6) is -0.541. The average Bonchev–Trinajstić information content (AvgIpc) is 3.53. The average molecular weight is 740 g/mol. The second kappa shape index (κ2) is 15.7. The van der Waals surface area contributed by atoms with Crippen molar-refractivity contribution >= 4 is 49.1 Å². The summed E-state index contributed by atoms with van der Waals surface area (Å²) in [5.41, 5.74) is 3.10. The fourth-order valence-electron chi connectivity index (χ4n) is 7.39. The molecule has 1 saturated carbocycles. The zero-order valence-corrected chi connectivity index (χ0v) is 32.1. The molecule has 0 spiro atoms. The molecule has 51 heavy (non-hydrogen) atoms. The van der Waals surface area contributed by atoms with E-state index >= 15 is 0 Å². The van der Waals surface area contributed by atoms with E-state index in [2.05, 4.69) is 25.8 Å². The van der Waals surface area contributed by atoms with Crippen molar-refractivity contribution < 1.29 is 27.9 Å². The molecule has 1 saturated heterocycles. The first-order valence-electron chi connectivity index (χ1n) is 17.8. The monoisotopic (exact) mass is 739 g/mol. The number of β-amino-alcohol motifs (C(OH)–C–C–N with tert-alkyl or cyclic N) is 1. The van der Waals surface area contributed by atoms with Crippen LogP contribution in [0.5, 0.6) is 0 Å². The van der Waals surface area contributed by atoms with Crippen molar-refractivity contribution in [2.45, 2.75) is 108 Å². The number of carbonyl (C=O) groups is 3. The van der Waals surface area contributed by atoms with Gasteiger partial charge in [-0.3, -0.25) is 19.3 Å². The van der Waals surface area contributed by atoms with Crippen molar-refractivity contribution in [1.29, 1.82) is 0 Å². The van der Waals surface area contributed by atoms with Crippen LogP contribution < -0.4 is 16.0 Å². The maximum absolute atomic E-state index is 14.3. The lowest BCUT2D eigenvalue weighted by molar-refractivity contribution is -0.133. The van der Waals surface area contributed by atoms with Crippen molar-refractivity contribution in [3.63, 3.8) is 0 Å². The smallest absolute Gasteiger partial charge is 0.252 e. The number of nitrogens with one attached hydrogen (secondary N) is 3. The zero-order valence-electron chi connectivity index (χ0n) is 30.5. The van der Waals surface area contributed by atoms with Gasteiger partial charge in [0.15, 0.2) is 9.84 Å². The Morgan fingerprint density at radius 1 is 1.00 bits per heavy atom. The predicted octanol–water partition coefficient (Wildman–Crippen LogP) is 4.10. The number of aliphatic hydroxyl groups is 1. The number of carbonyl (C=O) groups excluding carboxylic acids is 3. The van der Waals surface area contributed by atoms with Crippen LogP contribution in [0.1, 0.15) is 82.6 Å². The number of hydrogen-bond acceptors (Lipinski definition) is 9. The molecule has 3 amide bonds. The molecule has 2 unspecified atom stereocenters. The number of rotatable bonds is 12. The van der Waals surface area contributed by atoms with E-state index in [1.165, 1.54) is 25.2 Å². The number of aromatic nitrogens is 1. The summed E-state index contributed by atoms with van der Waals surface area (Å²) >= 11 is 1.37. The van der Waals surface area contributed by atoms with Crippen LogP contribution in [0, 0.1) is 11.8 Å². The van der Waals surface area contributed by atoms with E-state index in [4.69, 9.17) is 0 Å². The van der Waals surface area contributed by atoms with Crippen LogP contribution in [0.25, 0.3) is 10.2 Å². The van der Waals surface area contributed by atoms with Gasteiger partial charge in [-0.05, 0) is 89.5 Å². The van der Waals surface area contributed by atoms with Gasteiger partial charge in [0.2, 0.25) is 11.8 Å². The fraction of sp³-hybridized carbons (Fsp3) is 0.579. The molecular formula is C38H53N5O6S2. The molecule has 1 aliphatic heterocycles. The zero-order chi connectivity index (χ0) is 37.1. The number of nitrogens with zero attached hydrogens (tertiary/aromatic N) is 2. The lowest BCUT2D eigenvalue weighted by Crippen LogP contribution is -2.64. The van der Waals surface area contributed by atoms with Crippen LogP contribution in [0.4, 0.5) is 0 Å². The van der Waals surface area contributed by atoms with Gasteiger partial charge in [0.1, 0.15) is 6.04 Å². The molecule has 2 heterocycles. The Labute approximate surface area is 305 Å². The summed E-state index contributed by atoms with van der Waals surface area (Å²) in [7, 11) is -3.88. The minimum atomic E-state index is -3.88. The van der Waals surface area contributed by atoms with Crippen LogP contribution in [0.2, 0.25) is 0 Å². The Morgan fingerprint density at radius 3 is 2.35 bits per heavy atom. The summed E-state index contributed by atoms with van der Waals surface area (Å²) in [6.45, 7) is 9.47. The highest BCUT2D eigenvalue weighted by Gasteiger charge is 2.46. The van der Waals surface area contributed by atoms with Gasteiger partial charge in [0, 0.05) is 30.4 Å². The number of fused-ring (bicyclic) bond motifs is 2. The maximum Gasteiger partial charge on any atom is 0.252 e. The SMILES string of the molecule is CC(C)(C)NC(=O)[C@@H]1CC2CCCCC2CN1C[C@@H](O)[C@H](Cc1ccccc1)NC(=O)[C@@H](NC(=O)c1ccc2ncsc2c1)C(C)(C)S(C)(=O)=O. The number of piperidine rings is 1. The lowest BCUT2D eigenvalue weighted by atomic mass is 9.72. The number of benzene rings is 2. The van der Waals surface area contributed by atoms with Crippen LogP contribution >= 0.6 is 11.3 Å². The summed E-state index contributed by atoms with van der Waals surface area (Å²) in [5, 5.41) is 20.8. The Morgan fingerprint density at radius 2 is 1.69 bits per heavy atom.